The van der Waals surface area contributed by atoms with Gasteiger partial charge in [-0.05, 0) is 45.4 Å². The van der Waals surface area contributed by atoms with E-state index in [9.17, 15) is 4.79 Å². The van der Waals surface area contributed by atoms with Gasteiger partial charge in [-0.25, -0.2) is 0 Å². The van der Waals surface area contributed by atoms with Gasteiger partial charge < -0.3 is 15.5 Å². The summed E-state index contributed by atoms with van der Waals surface area (Å²) >= 11 is 0. The molecule has 0 aliphatic heterocycles. The number of nitrogens with one attached hydrogen (secondary N) is 2. The van der Waals surface area contributed by atoms with Crippen LogP contribution in [0.25, 0.3) is 0 Å². The molecule has 1 aromatic carbocycles. The number of rotatable bonds is 6. The van der Waals surface area contributed by atoms with Crippen LogP contribution in [0.4, 0.5) is 0 Å². The molecule has 0 spiro atoms. The minimum atomic E-state index is 0.0850. The predicted octanol–water partition coefficient (Wildman–Crippen LogP) is 2.24. The lowest BCUT2D eigenvalue weighted by atomic mass is 10.1. The largest absolute Gasteiger partial charge is 0.354 e. The van der Waals surface area contributed by atoms with E-state index in [4.69, 9.17) is 0 Å². The summed E-state index contributed by atoms with van der Waals surface area (Å²) in [5.74, 6) is 0.861. The second-order valence-corrected chi connectivity index (χ2v) is 5.40. The molecule has 0 radical (unpaired) electrons. The zero-order chi connectivity index (χ0) is 16.5. The van der Waals surface area contributed by atoms with Crippen LogP contribution in [0.5, 0.6) is 0 Å². The minimum absolute atomic E-state index is 0.0850. The zero-order valence-corrected chi connectivity index (χ0v) is 14.3. The highest BCUT2D eigenvalue weighted by atomic mass is 16.2. The van der Waals surface area contributed by atoms with Crippen molar-refractivity contribution in [2.24, 2.45) is 4.99 Å². The minimum Gasteiger partial charge on any atom is -0.354 e. The molecule has 0 saturated heterocycles. The van der Waals surface area contributed by atoms with E-state index in [-0.39, 0.29) is 5.91 Å². The number of aliphatic imine (C=N–C) groups is 1. The fourth-order valence-electron chi connectivity index (χ4n) is 2.11. The second kappa shape index (κ2) is 9.07. The maximum absolute atomic E-state index is 12.2. The SMILES string of the molecule is CCN(CC)C(=O)c1ccc(CNC(=NC)NC(C)C)cc1. The molecule has 0 aliphatic carbocycles. The van der Waals surface area contributed by atoms with Crippen molar-refractivity contribution in [3.8, 4) is 0 Å². The van der Waals surface area contributed by atoms with Crippen LogP contribution >= 0.6 is 0 Å². The van der Waals surface area contributed by atoms with Crippen LogP contribution < -0.4 is 10.6 Å². The molecule has 1 rings (SSSR count). The van der Waals surface area contributed by atoms with E-state index in [0.717, 1.165) is 30.2 Å². The molecular weight excluding hydrogens is 276 g/mol. The molecule has 1 amide bonds. The number of hydrogen-bond donors (Lipinski definition) is 2. The van der Waals surface area contributed by atoms with Crippen LogP contribution in [0.1, 0.15) is 43.6 Å². The Morgan fingerprint density at radius 1 is 1.18 bits per heavy atom. The van der Waals surface area contributed by atoms with E-state index in [0.29, 0.717) is 12.6 Å². The fraction of sp³-hybridized carbons (Fsp3) is 0.529. The van der Waals surface area contributed by atoms with Gasteiger partial charge in [-0.3, -0.25) is 9.79 Å². The summed E-state index contributed by atoms with van der Waals surface area (Å²) in [5, 5.41) is 6.49. The summed E-state index contributed by atoms with van der Waals surface area (Å²) in [6.45, 7) is 10.3. The molecule has 0 aliphatic rings. The highest BCUT2D eigenvalue weighted by Gasteiger charge is 2.11. The molecule has 0 fully saturated rings. The van der Waals surface area contributed by atoms with Crippen LogP contribution in [0.15, 0.2) is 29.3 Å². The summed E-state index contributed by atoms with van der Waals surface area (Å²) in [6, 6.07) is 8.06. The van der Waals surface area contributed by atoms with Crippen molar-refractivity contribution in [3.05, 3.63) is 35.4 Å². The first-order valence-electron chi connectivity index (χ1n) is 7.87. The lowest BCUT2D eigenvalue weighted by molar-refractivity contribution is 0.0773. The van der Waals surface area contributed by atoms with Crippen molar-refractivity contribution in [2.45, 2.75) is 40.3 Å². The molecule has 0 saturated carbocycles. The standard InChI is InChI=1S/C17H28N4O/c1-6-21(7-2)16(22)15-10-8-14(9-11-15)12-19-17(18-5)20-13(3)4/h8-11,13H,6-7,12H2,1-5H3,(H2,18,19,20). The predicted molar refractivity (Wildman–Crippen MR) is 92.2 cm³/mol. The Bertz CT molecular complexity index is 490. The van der Waals surface area contributed by atoms with Crippen molar-refractivity contribution in [3.63, 3.8) is 0 Å². The van der Waals surface area contributed by atoms with E-state index in [1.807, 2.05) is 43.0 Å². The summed E-state index contributed by atoms with van der Waals surface area (Å²) < 4.78 is 0. The quantitative estimate of drug-likeness (QED) is 0.626. The molecule has 5 nitrogen and oxygen atoms in total. The molecule has 1 aromatic rings. The first-order chi connectivity index (χ1) is 10.5. The number of hydrogen-bond acceptors (Lipinski definition) is 2. The molecule has 0 atom stereocenters. The third-order valence-corrected chi connectivity index (χ3v) is 3.36. The van der Waals surface area contributed by atoms with Gasteiger partial charge in [-0.15, -0.1) is 0 Å². The normalized spacial score (nSPS) is 11.5. The molecule has 0 unspecified atom stereocenters. The van der Waals surface area contributed by atoms with Crippen LogP contribution in [-0.4, -0.2) is 42.9 Å². The van der Waals surface area contributed by atoms with Gasteiger partial charge in [0.05, 0.1) is 0 Å². The van der Waals surface area contributed by atoms with Gasteiger partial charge in [0.25, 0.3) is 5.91 Å². The van der Waals surface area contributed by atoms with Crippen molar-refractivity contribution >= 4 is 11.9 Å². The molecule has 2 N–H and O–H groups in total. The summed E-state index contributed by atoms with van der Waals surface area (Å²) in [6.07, 6.45) is 0. The average Bonchev–Trinajstić information content (AvgIpc) is 2.52. The Balaban J connectivity index is 2.63. The Hall–Kier alpha value is -2.04. The van der Waals surface area contributed by atoms with E-state index in [1.165, 1.54) is 0 Å². The third kappa shape index (κ3) is 5.39. The Kier molecular flexibility index (Phi) is 7.43. The van der Waals surface area contributed by atoms with E-state index < -0.39 is 0 Å². The molecule has 22 heavy (non-hydrogen) atoms. The van der Waals surface area contributed by atoms with Crippen LogP contribution in [-0.2, 0) is 6.54 Å². The van der Waals surface area contributed by atoms with Crippen molar-refractivity contribution in [1.29, 1.82) is 0 Å². The van der Waals surface area contributed by atoms with E-state index in [1.54, 1.807) is 7.05 Å². The van der Waals surface area contributed by atoms with Gasteiger partial charge in [0.1, 0.15) is 0 Å². The van der Waals surface area contributed by atoms with Crippen molar-refractivity contribution < 1.29 is 4.79 Å². The molecule has 122 valence electrons. The van der Waals surface area contributed by atoms with Gasteiger partial charge >= 0.3 is 0 Å². The average molecular weight is 304 g/mol. The fourth-order valence-corrected chi connectivity index (χ4v) is 2.11. The van der Waals surface area contributed by atoms with Crippen LogP contribution in [0.3, 0.4) is 0 Å². The number of carbonyl (C=O) groups excluding carboxylic acids is 1. The molecule has 5 heteroatoms. The Morgan fingerprint density at radius 3 is 2.23 bits per heavy atom. The first-order valence-corrected chi connectivity index (χ1v) is 7.87. The molecule has 0 bridgehead atoms. The molecular formula is C17H28N4O. The van der Waals surface area contributed by atoms with E-state index in [2.05, 4.69) is 29.5 Å². The van der Waals surface area contributed by atoms with E-state index >= 15 is 0 Å². The summed E-state index contributed by atoms with van der Waals surface area (Å²) in [5.41, 5.74) is 1.85. The van der Waals surface area contributed by atoms with Gasteiger partial charge in [0.2, 0.25) is 0 Å². The Morgan fingerprint density at radius 2 is 1.77 bits per heavy atom. The Labute approximate surface area is 133 Å². The number of carbonyl (C=O) groups is 1. The number of guanidine groups is 1. The van der Waals surface area contributed by atoms with Gasteiger partial charge in [0, 0.05) is 38.3 Å². The highest BCUT2D eigenvalue weighted by molar-refractivity contribution is 5.94. The second-order valence-electron chi connectivity index (χ2n) is 5.40. The van der Waals surface area contributed by atoms with Gasteiger partial charge in [0.15, 0.2) is 5.96 Å². The number of nitrogens with zero attached hydrogens (tertiary/aromatic N) is 2. The maximum atomic E-state index is 12.2. The topological polar surface area (TPSA) is 56.7 Å². The van der Waals surface area contributed by atoms with Crippen molar-refractivity contribution in [2.75, 3.05) is 20.1 Å². The lowest BCUT2D eigenvalue weighted by Gasteiger charge is -2.19. The highest BCUT2D eigenvalue weighted by Crippen LogP contribution is 2.08. The van der Waals surface area contributed by atoms with Crippen LogP contribution in [0, 0.1) is 0 Å². The lowest BCUT2D eigenvalue weighted by Crippen LogP contribution is -2.40. The van der Waals surface area contributed by atoms with Gasteiger partial charge in [-0.1, -0.05) is 12.1 Å². The first kappa shape index (κ1) is 18.0. The smallest absolute Gasteiger partial charge is 0.253 e. The summed E-state index contributed by atoms with van der Waals surface area (Å²) in [7, 11) is 1.75. The molecule has 0 aromatic heterocycles. The van der Waals surface area contributed by atoms with Crippen molar-refractivity contribution in [1.82, 2.24) is 15.5 Å². The summed E-state index contributed by atoms with van der Waals surface area (Å²) in [4.78, 5) is 18.2. The monoisotopic (exact) mass is 304 g/mol. The zero-order valence-electron chi connectivity index (χ0n) is 14.3. The molecule has 0 heterocycles. The number of amides is 1. The van der Waals surface area contributed by atoms with Gasteiger partial charge in [-0.2, -0.15) is 0 Å². The number of benzene rings is 1. The maximum Gasteiger partial charge on any atom is 0.253 e. The van der Waals surface area contributed by atoms with Crippen LogP contribution in [0.2, 0.25) is 0 Å². The third-order valence-electron chi connectivity index (χ3n) is 3.36.